The highest BCUT2D eigenvalue weighted by atomic mass is 16.5. The zero-order chi connectivity index (χ0) is 25.5. The Kier molecular flexibility index (Phi) is 5.87. The lowest BCUT2D eigenvalue weighted by atomic mass is 9.78. The standard InChI is InChI=1S/C31H28N2O4/c1-37-31(36)22-15-11-20(12-16-22)29-28-25(17-23(18-27(28)34)19-7-3-2-4-8-19)32-24-9-5-6-10-26(24)33(29)30(35)21-13-14-21/h2-12,15-16,21,23,29,32H,13-14,17-18H2,1H3/t23-,29-/m0/s1. The second-order valence-corrected chi connectivity index (χ2v) is 9.97. The van der Waals surface area contributed by atoms with Crippen LogP contribution < -0.4 is 10.2 Å². The molecule has 0 saturated heterocycles. The SMILES string of the molecule is COC(=O)c1ccc([C@H]2C3=C(C[C@H](c4ccccc4)CC3=O)Nc3ccccc3N2C(=O)C2CC2)cc1. The third-order valence-electron chi connectivity index (χ3n) is 7.57. The van der Waals surface area contributed by atoms with E-state index in [9.17, 15) is 14.4 Å². The first-order valence-electron chi connectivity index (χ1n) is 12.7. The molecule has 6 nitrogen and oxygen atoms in total. The second-order valence-electron chi connectivity index (χ2n) is 9.97. The van der Waals surface area contributed by atoms with E-state index < -0.39 is 12.0 Å². The Labute approximate surface area is 215 Å². The first-order chi connectivity index (χ1) is 18.0. The number of ether oxygens (including phenoxy) is 1. The summed E-state index contributed by atoms with van der Waals surface area (Å²) in [6.07, 6.45) is 2.76. The number of nitrogens with zero attached hydrogens (tertiary/aromatic N) is 1. The molecule has 37 heavy (non-hydrogen) atoms. The van der Waals surface area contributed by atoms with Crippen LogP contribution in [0.4, 0.5) is 11.4 Å². The number of carbonyl (C=O) groups excluding carboxylic acids is 3. The molecule has 0 aromatic heterocycles. The van der Waals surface area contributed by atoms with E-state index in [0.717, 1.165) is 41.0 Å². The Morgan fingerprint density at radius 3 is 2.27 bits per heavy atom. The molecule has 3 aromatic carbocycles. The number of carbonyl (C=O) groups is 3. The van der Waals surface area contributed by atoms with E-state index in [1.165, 1.54) is 7.11 Å². The summed E-state index contributed by atoms with van der Waals surface area (Å²) in [5.41, 5.74) is 5.41. The largest absolute Gasteiger partial charge is 0.465 e. The number of methoxy groups -OCH3 is 1. The fourth-order valence-electron chi connectivity index (χ4n) is 5.56. The number of amides is 1. The first kappa shape index (κ1) is 23.2. The number of hydrogen-bond donors (Lipinski definition) is 1. The summed E-state index contributed by atoms with van der Waals surface area (Å²) in [7, 11) is 1.35. The van der Waals surface area contributed by atoms with Gasteiger partial charge in [-0.3, -0.25) is 14.5 Å². The van der Waals surface area contributed by atoms with Crippen LogP contribution in [0.25, 0.3) is 0 Å². The molecule has 3 aromatic rings. The molecule has 1 saturated carbocycles. The van der Waals surface area contributed by atoms with Gasteiger partial charge in [0.2, 0.25) is 5.91 Å². The maximum absolute atomic E-state index is 14.0. The number of benzene rings is 3. The van der Waals surface area contributed by atoms with Crippen molar-refractivity contribution >= 4 is 29.0 Å². The van der Waals surface area contributed by atoms with Crippen LogP contribution in [0.1, 0.15) is 59.1 Å². The normalized spacial score (nSPS) is 20.9. The van der Waals surface area contributed by atoms with E-state index in [1.807, 2.05) is 59.5 Å². The minimum absolute atomic E-state index is 0.0306. The molecule has 1 fully saturated rings. The predicted octanol–water partition coefficient (Wildman–Crippen LogP) is 5.78. The van der Waals surface area contributed by atoms with Gasteiger partial charge in [-0.15, -0.1) is 0 Å². The molecule has 0 spiro atoms. The topological polar surface area (TPSA) is 75.7 Å². The van der Waals surface area contributed by atoms with Crippen LogP contribution in [0, 0.1) is 5.92 Å². The van der Waals surface area contributed by atoms with E-state index in [0.29, 0.717) is 24.0 Å². The molecular weight excluding hydrogens is 464 g/mol. The highest BCUT2D eigenvalue weighted by Crippen LogP contribution is 2.49. The van der Waals surface area contributed by atoms with Gasteiger partial charge in [0.05, 0.1) is 30.1 Å². The number of rotatable bonds is 4. The van der Waals surface area contributed by atoms with Gasteiger partial charge in [0, 0.05) is 23.6 Å². The lowest BCUT2D eigenvalue weighted by molar-refractivity contribution is -0.120. The number of allylic oxidation sites excluding steroid dienone is 1. The van der Waals surface area contributed by atoms with E-state index in [-0.39, 0.29) is 23.5 Å². The van der Waals surface area contributed by atoms with Crippen molar-refractivity contribution in [1.82, 2.24) is 0 Å². The van der Waals surface area contributed by atoms with Gasteiger partial charge in [0.25, 0.3) is 0 Å². The Morgan fingerprint density at radius 1 is 0.865 bits per heavy atom. The average Bonchev–Trinajstić information content (AvgIpc) is 3.79. The van der Waals surface area contributed by atoms with Gasteiger partial charge in [-0.1, -0.05) is 54.6 Å². The van der Waals surface area contributed by atoms with E-state index in [2.05, 4.69) is 17.4 Å². The summed E-state index contributed by atoms with van der Waals surface area (Å²) in [6.45, 7) is 0. The van der Waals surface area contributed by atoms with Gasteiger partial charge < -0.3 is 10.1 Å². The molecule has 1 aliphatic heterocycles. The number of fused-ring (bicyclic) bond motifs is 1. The van der Waals surface area contributed by atoms with Crippen molar-refractivity contribution in [1.29, 1.82) is 0 Å². The number of nitrogens with one attached hydrogen (secondary N) is 1. The van der Waals surface area contributed by atoms with Crippen molar-refractivity contribution in [3.05, 3.63) is 107 Å². The molecule has 186 valence electrons. The fourth-order valence-corrected chi connectivity index (χ4v) is 5.56. The number of hydrogen-bond acceptors (Lipinski definition) is 5. The maximum Gasteiger partial charge on any atom is 0.337 e. The highest BCUT2D eigenvalue weighted by molar-refractivity contribution is 6.07. The summed E-state index contributed by atoms with van der Waals surface area (Å²) in [4.78, 5) is 41.7. The molecule has 6 heteroatoms. The zero-order valence-corrected chi connectivity index (χ0v) is 20.6. The number of para-hydroxylation sites is 2. The van der Waals surface area contributed by atoms with Gasteiger partial charge in [-0.2, -0.15) is 0 Å². The van der Waals surface area contributed by atoms with Crippen molar-refractivity contribution in [3.8, 4) is 0 Å². The van der Waals surface area contributed by atoms with Crippen LogP contribution in [0.15, 0.2) is 90.1 Å². The van der Waals surface area contributed by atoms with Crippen LogP contribution in [-0.4, -0.2) is 24.8 Å². The average molecular weight is 493 g/mol. The van der Waals surface area contributed by atoms with Crippen molar-refractivity contribution in [2.45, 2.75) is 37.6 Å². The van der Waals surface area contributed by atoms with Gasteiger partial charge >= 0.3 is 5.97 Å². The van der Waals surface area contributed by atoms with Crippen LogP contribution >= 0.6 is 0 Å². The van der Waals surface area contributed by atoms with Gasteiger partial charge in [0.1, 0.15) is 0 Å². The summed E-state index contributed by atoms with van der Waals surface area (Å²) in [5.74, 6) is -0.346. The first-order valence-corrected chi connectivity index (χ1v) is 12.7. The summed E-state index contributed by atoms with van der Waals surface area (Å²) >= 11 is 0. The summed E-state index contributed by atoms with van der Waals surface area (Å²) in [5, 5.41) is 3.57. The Hall–Kier alpha value is -4.19. The highest BCUT2D eigenvalue weighted by Gasteiger charge is 2.45. The van der Waals surface area contributed by atoms with Gasteiger partial charge in [0.15, 0.2) is 5.78 Å². The van der Waals surface area contributed by atoms with E-state index >= 15 is 0 Å². The zero-order valence-electron chi connectivity index (χ0n) is 20.6. The van der Waals surface area contributed by atoms with Crippen molar-refractivity contribution in [3.63, 3.8) is 0 Å². The third kappa shape index (κ3) is 4.22. The van der Waals surface area contributed by atoms with E-state index in [1.54, 1.807) is 12.1 Å². The molecule has 0 unspecified atom stereocenters. The smallest absolute Gasteiger partial charge is 0.337 e. The molecule has 6 rings (SSSR count). The molecule has 1 heterocycles. The van der Waals surface area contributed by atoms with Crippen LogP contribution in [0.3, 0.4) is 0 Å². The van der Waals surface area contributed by atoms with Gasteiger partial charge in [-0.05, 0) is 60.6 Å². The lowest BCUT2D eigenvalue weighted by Crippen LogP contribution is -2.39. The molecule has 0 bridgehead atoms. The number of ketones is 1. The molecule has 0 radical (unpaired) electrons. The minimum atomic E-state index is -0.588. The molecule has 1 N–H and O–H groups in total. The quantitative estimate of drug-likeness (QED) is 0.467. The summed E-state index contributed by atoms with van der Waals surface area (Å²) < 4.78 is 4.87. The lowest BCUT2D eigenvalue weighted by Gasteiger charge is -2.35. The predicted molar refractivity (Wildman–Crippen MR) is 141 cm³/mol. The third-order valence-corrected chi connectivity index (χ3v) is 7.57. The van der Waals surface area contributed by atoms with Crippen molar-refractivity contribution in [2.24, 2.45) is 5.92 Å². The van der Waals surface area contributed by atoms with Crippen LogP contribution in [0.5, 0.6) is 0 Å². The Bertz CT molecular complexity index is 1410. The van der Waals surface area contributed by atoms with Gasteiger partial charge in [-0.25, -0.2) is 4.79 Å². The minimum Gasteiger partial charge on any atom is -0.465 e. The molecule has 3 aliphatic rings. The monoisotopic (exact) mass is 492 g/mol. The molecule has 2 atom stereocenters. The molecule has 1 amide bonds. The number of esters is 1. The number of anilines is 2. The van der Waals surface area contributed by atoms with Crippen molar-refractivity contribution < 1.29 is 19.1 Å². The maximum atomic E-state index is 14.0. The van der Waals surface area contributed by atoms with Crippen LogP contribution in [0.2, 0.25) is 0 Å². The van der Waals surface area contributed by atoms with E-state index in [4.69, 9.17) is 4.74 Å². The fraction of sp³-hybridized carbons (Fsp3) is 0.258. The molecule has 2 aliphatic carbocycles. The van der Waals surface area contributed by atoms with Crippen LogP contribution in [-0.2, 0) is 14.3 Å². The Balaban J connectivity index is 1.52. The molecular formula is C31H28N2O4. The Morgan fingerprint density at radius 2 is 1.57 bits per heavy atom. The number of Topliss-reactive ketones (excluding diaryl/α,β-unsaturated/α-hetero) is 1. The van der Waals surface area contributed by atoms with Crippen molar-refractivity contribution in [2.75, 3.05) is 17.3 Å². The summed E-state index contributed by atoms with van der Waals surface area (Å²) in [6, 6.07) is 24.4. The second kappa shape index (κ2) is 9.36.